The Morgan fingerprint density at radius 2 is 2.37 bits per heavy atom. The highest BCUT2D eigenvalue weighted by molar-refractivity contribution is 5.84. The van der Waals surface area contributed by atoms with E-state index in [4.69, 9.17) is 14.3 Å². The molecule has 0 spiro atoms. The largest absolute Gasteiger partial charge is 0.475 e. The average Bonchev–Trinajstić information content (AvgIpc) is 3.06. The van der Waals surface area contributed by atoms with Crippen LogP contribution in [-0.2, 0) is 4.74 Å². The lowest BCUT2D eigenvalue weighted by Crippen LogP contribution is -2.34. The van der Waals surface area contributed by atoms with Gasteiger partial charge in [-0.3, -0.25) is 4.90 Å². The lowest BCUT2D eigenvalue weighted by atomic mass is 10.1. The third-order valence-electron chi connectivity index (χ3n) is 3.67. The lowest BCUT2D eigenvalue weighted by molar-refractivity contribution is 0.0559. The van der Waals surface area contributed by atoms with Crippen LogP contribution in [0.25, 0.3) is 0 Å². The normalized spacial score (nSPS) is 20.9. The molecule has 2 rings (SSSR count). The van der Waals surface area contributed by atoms with E-state index < -0.39 is 5.97 Å². The van der Waals surface area contributed by atoms with Crippen LogP contribution in [0.5, 0.6) is 0 Å². The molecule has 1 N–H and O–H groups in total. The Kier molecular flexibility index (Phi) is 4.61. The zero-order valence-electron chi connectivity index (χ0n) is 11.5. The van der Waals surface area contributed by atoms with Crippen molar-refractivity contribution in [3.8, 4) is 0 Å². The van der Waals surface area contributed by atoms with E-state index in [1.807, 2.05) is 6.92 Å². The van der Waals surface area contributed by atoms with Crippen LogP contribution in [0, 0.1) is 0 Å². The monoisotopic (exact) mass is 267 g/mol. The maximum atomic E-state index is 10.8. The number of carboxylic acid groups (broad SMARTS) is 1. The summed E-state index contributed by atoms with van der Waals surface area (Å²) < 4.78 is 11.0. The van der Waals surface area contributed by atoms with Gasteiger partial charge in [-0.15, -0.1) is 0 Å². The van der Waals surface area contributed by atoms with Crippen LogP contribution in [0.4, 0.5) is 0 Å². The Morgan fingerprint density at radius 1 is 1.58 bits per heavy atom. The predicted octanol–water partition coefficient (Wildman–Crippen LogP) is 2.54. The van der Waals surface area contributed by atoms with Crippen LogP contribution in [0.1, 0.15) is 49.0 Å². The van der Waals surface area contributed by atoms with E-state index in [0.29, 0.717) is 5.76 Å². The Morgan fingerprint density at radius 3 is 2.89 bits per heavy atom. The Bertz CT molecular complexity index is 423. The zero-order chi connectivity index (χ0) is 13.8. The molecular weight excluding hydrogens is 246 g/mol. The molecule has 0 aromatic carbocycles. The van der Waals surface area contributed by atoms with Crippen molar-refractivity contribution in [3.63, 3.8) is 0 Å². The summed E-state index contributed by atoms with van der Waals surface area (Å²) in [4.78, 5) is 13.1. The van der Waals surface area contributed by atoms with Gasteiger partial charge in [0.1, 0.15) is 5.76 Å². The molecule has 1 aliphatic heterocycles. The molecule has 2 heterocycles. The summed E-state index contributed by atoms with van der Waals surface area (Å²) in [5.74, 6) is -0.340. The van der Waals surface area contributed by atoms with Gasteiger partial charge in [-0.2, -0.15) is 0 Å². The smallest absolute Gasteiger partial charge is 0.371 e. The van der Waals surface area contributed by atoms with Crippen molar-refractivity contribution in [1.29, 1.82) is 0 Å². The first kappa shape index (κ1) is 14.1. The lowest BCUT2D eigenvalue weighted by Gasteiger charge is -2.28. The van der Waals surface area contributed by atoms with Crippen molar-refractivity contribution < 1.29 is 19.1 Å². The Hall–Kier alpha value is -1.33. The Labute approximate surface area is 113 Å². The molecule has 5 heteroatoms. The number of hydrogen-bond donors (Lipinski definition) is 1. The SMILES string of the molecule is CCN(CC1CCCO1)C(C)c1ccc(C(=O)O)o1. The maximum Gasteiger partial charge on any atom is 0.371 e. The molecule has 0 radical (unpaired) electrons. The van der Waals surface area contributed by atoms with Crippen molar-refractivity contribution in [2.24, 2.45) is 0 Å². The molecule has 0 amide bonds. The highest BCUT2D eigenvalue weighted by Gasteiger charge is 2.24. The summed E-state index contributed by atoms with van der Waals surface area (Å²) in [7, 11) is 0. The van der Waals surface area contributed by atoms with E-state index in [2.05, 4.69) is 11.8 Å². The second-order valence-corrected chi connectivity index (χ2v) is 4.91. The summed E-state index contributed by atoms with van der Waals surface area (Å²) in [5, 5.41) is 8.88. The summed E-state index contributed by atoms with van der Waals surface area (Å²) in [6.45, 7) is 6.71. The minimum Gasteiger partial charge on any atom is -0.475 e. The van der Waals surface area contributed by atoms with Gasteiger partial charge in [0.2, 0.25) is 5.76 Å². The average molecular weight is 267 g/mol. The van der Waals surface area contributed by atoms with Crippen LogP contribution in [-0.4, -0.2) is 41.8 Å². The molecular formula is C14H21NO4. The number of carboxylic acids is 1. The van der Waals surface area contributed by atoms with Crippen LogP contribution in [0.15, 0.2) is 16.5 Å². The molecule has 5 nitrogen and oxygen atoms in total. The third kappa shape index (κ3) is 3.36. The third-order valence-corrected chi connectivity index (χ3v) is 3.67. The number of ether oxygens (including phenoxy) is 1. The fourth-order valence-electron chi connectivity index (χ4n) is 2.48. The number of hydrogen-bond acceptors (Lipinski definition) is 4. The van der Waals surface area contributed by atoms with Crippen LogP contribution in [0.2, 0.25) is 0 Å². The number of nitrogens with zero attached hydrogens (tertiary/aromatic N) is 1. The van der Waals surface area contributed by atoms with Crippen molar-refractivity contribution >= 4 is 5.97 Å². The van der Waals surface area contributed by atoms with Crippen molar-refractivity contribution in [2.75, 3.05) is 19.7 Å². The van der Waals surface area contributed by atoms with E-state index in [9.17, 15) is 4.79 Å². The number of furan rings is 1. The van der Waals surface area contributed by atoms with E-state index in [1.54, 1.807) is 6.07 Å². The van der Waals surface area contributed by atoms with Crippen LogP contribution in [0.3, 0.4) is 0 Å². The molecule has 2 atom stereocenters. The molecule has 0 saturated carbocycles. The first-order chi connectivity index (χ1) is 9.11. The predicted molar refractivity (Wildman–Crippen MR) is 70.3 cm³/mol. The highest BCUT2D eigenvalue weighted by atomic mass is 16.5. The standard InChI is InChI=1S/C14H21NO4/c1-3-15(9-11-5-4-8-18-11)10(2)12-6-7-13(19-12)14(16)17/h6-7,10-11H,3-5,8-9H2,1-2H3,(H,16,17). The number of likely N-dealkylation sites (N-methyl/N-ethyl adjacent to an activating group) is 1. The summed E-state index contributed by atoms with van der Waals surface area (Å²) in [5.41, 5.74) is 0. The second kappa shape index (κ2) is 6.21. The van der Waals surface area contributed by atoms with E-state index in [0.717, 1.165) is 32.5 Å². The van der Waals surface area contributed by atoms with E-state index in [1.165, 1.54) is 6.07 Å². The molecule has 1 aromatic heterocycles. The first-order valence-electron chi connectivity index (χ1n) is 6.80. The molecule has 1 aliphatic rings. The summed E-state index contributed by atoms with van der Waals surface area (Å²) in [6.07, 6.45) is 2.51. The minimum absolute atomic E-state index is 0.00461. The second-order valence-electron chi connectivity index (χ2n) is 4.91. The van der Waals surface area contributed by atoms with Crippen molar-refractivity contribution in [1.82, 2.24) is 4.90 Å². The van der Waals surface area contributed by atoms with Gasteiger partial charge < -0.3 is 14.3 Å². The van der Waals surface area contributed by atoms with E-state index >= 15 is 0 Å². The van der Waals surface area contributed by atoms with Gasteiger partial charge in [0.25, 0.3) is 0 Å². The van der Waals surface area contributed by atoms with Gasteiger partial charge in [-0.1, -0.05) is 6.92 Å². The van der Waals surface area contributed by atoms with Crippen molar-refractivity contribution in [2.45, 2.75) is 38.8 Å². The summed E-state index contributed by atoms with van der Waals surface area (Å²) in [6, 6.07) is 3.31. The Balaban J connectivity index is 2.01. The van der Waals surface area contributed by atoms with Gasteiger partial charge >= 0.3 is 5.97 Å². The van der Waals surface area contributed by atoms with E-state index in [-0.39, 0.29) is 17.9 Å². The van der Waals surface area contributed by atoms with Gasteiger partial charge in [0.15, 0.2) is 0 Å². The quantitative estimate of drug-likeness (QED) is 0.858. The first-order valence-corrected chi connectivity index (χ1v) is 6.80. The molecule has 0 bridgehead atoms. The van der Waals surface area contributed by atoms with Crippen LogP contribution < -0.4 is 0 Å². The fourth-order valence-corrected chi connectivity index (χ4v) is 2.48. The van der Waals surface area contributed by atoms with Gasteiger partial charge in [-0.05, 0) is 38.4 Å². The number of aromatic carboxylic acids is 1. The molecule has 1 fully saturated rings. The molecule has 19 heavy (non-hydrogen) atoms. The zero-order valence-corrected chi connectivity index (χ0v) is 11.5. The van der Waals surface area contributed by atoms with Crippen molar-refractivity contribution in [3.05, 3.63) is 23.7 Å². The highest BCUT2D eigenvalue weighted by Crippen LogP contribution is 2.24. The van der Waals surface area contributed by atoms with Gasteiger partial charge in [-0.25, -0.2) is 4.79 Å². The molecule has 106 valence electrons. The number of carbonyl (C=O) groups is 1. The molecule has 1 saturated heterocycles. The fraction of sp³-hybridized carbons (Fsp3) is 0.643. The van der Waals surface area contributed by atoms with Gasteiger partial charge in [0.05, 0.1) is 12.1 Å². The molecule has 0 aliphatic carbocycles. The molecule has 2 unspecified atom stereocenters. The maximum absolute atomic E-state index is 10.8. The summed E-state index contributed by atoms with van der Waals surface area (Å²) >= 11 is 0. The topological polar surface area (TPSA) is 62.9 Å². The van der Waals surface area contributed by atoms with Gasteiger partial charge in [0, 0.05) is 13.2 Å². The number of rotatable bonds is 6. The molecule has 1 aromatic rings. The van der Waals surface area contributed by atoms with Crippen LogP contribution >= 0.6 is 0 Å². The minimum atomic E-state index is -1.03.